The van der Waals surface area contributed by atoms with Gasteiger partial charge in [-0.05, 0) is 77.1 Å². The molecule has 0 aromatic heterocycles. The smallest absolute Gasteiger partial charge is 0.261 e. The Kier molecular flexibility index (Phi) is 5.97. The standard InChI is InChI=1S/C31H28N2O3S/c1-36-25-16-12-23(13-17-25)31-28-9-5-8-27(28)29-20-26(18-19-30(29)32-31)37(34,35)33-24-14-10-22(11-15-24)21-6-3-2-4-7-21/h2-8,10-20,27-28,31-33H,9H2,1H3/t27-,28+,31+/m0/s1. The van der Waals surface area contributed by atoms with Gasteiger partial charge >= 0.3 is 0 Å². The van der Waals surface area contributed by atoms with Crippen LogP contribution in [0.3, 0.4) is 0 Å². The van der Waals surface area contributed by atoms with Gasteiger partial charge in [0.1, 0.15) is 5.75 Å². The van der Waals surface area contributed by atoms with Gasteiger partial charge < -0.3 is 10.1 Å². The maximum Gasteiger partial charge on any atom is 0.261 e. The van der Waals surface area contributed by atoms with Crippen LogP contribution in [0.5, 0.6) is 5.75 Å². The summed E-state index contributed by atoms with van der Waals surface area (Å²) in [6.45, 7) is 0. The van der Waals surface area contributed by atoms with Crippen molar-refractivity contribution in [1.29, 1.82) is 0 Å². The average molecular weight is 509 g/mol. The number of anilines is 2. The fraction of sp³-hybridized carbons (Fsp3) is 0.161. The summed E-state index contributed by atoms with van der Waals surface area (Å²) in [5, 5.41) is 3.68. The first-order valence-corrected chi connectivity index (χ1v) is 13.9. The quantitative estimate of drug-likeness (QED) is 0.276. The molecular weight excluding hydrogens is 480 g/mol. The lowest BCUT2D eigenvalue weighted by Crippen LogP contribution is -2.29. The van der Waals surface area contributed by atoms with E-state index < -0.39 is 10.0 Å². The first kappa shape index (κ1) is 23.4. The van der Waals surface area contributed by atoms with Crippen molar-refractivity contribution in [2.24, 2.45) is 5.92 Å². The summed E-state index contributed by atoms with van der Waals surface area (Å²) in [6, 6.07) is 31.2. The minimum absolute atomic E-state index is 0.141. The van der Waals surface area contributed by atoms with Crippen LogP contribution in [-0.4, -0.2) is 15.5 Å². The Morgan fingerprint density at radius 3 is 2.32 bits per heavy atom. The van der Waals surface area contributed by atoms with Crippen molar-refractivity contribution in [1.82, 2.24) is 0 Å². The SMILES string of the molecule is COc1ccc([C@H]2Nc3ccc(S(=O)(=O)Nc4ccc(-c5ccccc5)cc4)cc3[C@H]3C=CC[C@H]32)cc1. The van der Waals surface area contributed by atoms with E-state index in [2.05, 4.69) is 34.3 Å². The van der Waals surface area contributed by atoms with E-state index in [0.29, 0.717) is 11.6 Å². The number of nitrogens with one attached hydrogen (secondary N) is 2. The number of ether oxygens (including phenoxy) is 1. The summed E-state index contributed by atoms with van der Waals surface area (Å²) in [5.74, 6) is 1.30. The molecule has 1 aliphatic heterocycles. The zero-order valence-electron chi connectivity index (χ0n) is 20.5. The predicted octanol–water partition coefficient (Wildman–Crippen LogP) is 6.99. The van der Waals surface area contributed by atoms with Gasteiger partial charge in [0.2, 0.25) is 0 Å². The van der Waals surface area contributed by atoms with E-state index in [1.54, 1.807) is 25.3 Å². The van der Waals surface area contributed by atoms with Gasteiger partial charge in [-0.1, -0.05) is 66.7 Å². The van der Waals surface area contributed by atoms with Crippen LogP contribution >= 0.6 is 0 Å². The molecule has 0 saturated heterocycles. The zero-order valence-corrected chi connectivity index (χ0v) is 21.3. The topological polar surface area (TPSA) is 67.4 Å². The van der Waals surface area contributed by atoms with Gasteiger partial charge in [0.05, 0.1) is 18.0 Å². The number of hydrogen-bond acceptors (Lipinski definition) is 4. The summed E-state index contributed by atoms with van der Waals surface area (Å²) in [4.78, 5) is 0.266. The molecule has 0 spiro atoms. The lowest BCUT2D eigenvalue weighted by Gasteiger charge is -2.37. The van der Waals surface area contributed by atoms with E-state index >= 15 is 0 Å². The Balaban J connectivity index is 1.26. The molecule has 0 bridgehead atoms. The van der Waals surface area contributed by atoms with E-state index in [1.165, 1.54) is 5.56 Å². The van der Waals surface area contributed by atoms with E-state index in [9.17, 15) is 8.42 Å². The van der Waals surface area contributed by atoms with Crippen LogP contribution < -0.4 is 14.8 Å². The number of fused-ring (bicyclic) bond motifs is 3. The third-order valence-electron chi connectivity index (χ3n) is 7.36. The molecule has 0 radical (unpaired) electrons. The molecule has 6 rings (SSSR count). The first-order chi connectivity index (χ1) is 18.0. The fourth-order valence-corrected chi connectivity index (χ4v) is 6.55. The summed E-state index contributed by atoms with van der Waals surface area (Å²) >= 11 is 0. The number of methoxy groups -OCH3 is 1. The van der Waals surface area contributed by atoms with Gasteiger partial charge in [-0.2, -0.15) is 0 Å². The molecule has 4 aromatic carbocycles. The fourth-order valence-electron chi connectivity index (χ4n) is 5.46. The summed E-state index contributed by atoms with van der Waals surface area (Å²) in [5.41, 5.74) is 5.85. The van der Waals surface area contributed by atoms with Crippen LogP contribution in [0.15, 0.2) is 114 Å². The molecule has 2 aliphatic rings. The highest BCUT2D eigenvalue weighted by Crippen LogP contribution is 2.50. The average Bonchev–Trinajstić information content (AvgIpc) is 3.44. The van der Waals surface area contributed by atoms with Crippen molar-refractivity contribution in [3.63, 3.8) is 0 Å². The molecule has 4 aromatic rings. The predicted molar refractivity (Wildman–Crippen MR) is 148 cm³/mol. The van der Waals surface area contributed by atoms with Crippen molar-refractivity contribution in [3.05, 3.63) is 120 Å². The second-order valence-corrected chi connectivity index (χ2v) is 11.2. The summed E-state index contributed by atoms with van der Waals surface area (Å²) in [7, 11) is -2.07. The highest BCUT2D eigenvalue weighted by Gasteiger charge is 2.38. The van der Waals surface area contributed by atoms with Crippen LogP contribution in [0.25, 0.3) is 11.1 Å². The number of sulfonamides is 1. The minimum Gasteiger partial charge on any atom is -0.497 e. The Labute approximate surface area is 217 Å². The van der Waals surface area contributed by atoms with Crippen molar-refractivity contribution in [2.75, 3.05) is 17.1 Å². The van der Waals surface area contributed by atoms with Crippen molar-refractivity contribution in [3.8, 4) is 16.9 Å². The highest BCUT2D eigenvalue weighted by atomic mass is 32.2. The summed E-state index contributed by atoms with van der Waals surface area (Å²) in [6.07, 6.45) is 5.36. The molecule has 5 nitrogen and oxygen atoms in total. The third kappa shape index (κ3) is 4.49. The second-order valence-electron chi connectivity index (χ2n) is 9.55. The minimum atomic E-state index is -3.74. The molecule has 6 heteroatoms. The zero-order chi connectivity index (χ0) is 25.4. The molecule has 3 atom stereocenters. The maximum absolute atomic E-state index is 13.3. The second kappa shape index (κ2) is 9.45. The van der Waals surface area contributed by atoms with Crippen LogP contribution in [0.2, 0.25) is 0 Å². The van der Waals surface area contributed by atoms with Gasteiger partial charge in [0.25, 0.3) is 10.0 Å². The number of hydrogen-bond donors (Lipinski definition) is 2. The van der Waals surface area contributed by atoms with Crippen LogP contribution in [0, 0.1) is 5.92 Å². The van der Waals surface area contributed by atoms with Gasteiger partial charge in [-0.3, -0.25) is 4.72 Å². The maximum atomic E-state index is 13.3. The Morgan fingerprint density at radius 2 is 1.59 bits per heavy atom. The monoisotopic (exact) mass is 508 g/mol. The van der Waals surface area contributed by atoms with E-state index in [-0.39, 0.29) is 16.9 Å². The number of rotatable bonds is 6. The van der Waals surface area contributed by atoms with Crippen molar-refractivity contribution >= 4 is 21.4 Å². The van der Waals surface area contributed by atoms with E-state index in [1.807, 2.05) is 66.7 Å². The van der Waals surface area contributed by atoms with Gasteiger partial charge in [0.15, 0.2) is 0 Å². The van der Waals surface area contributed by atoms with E-state index in [0.717, 1.165) is 34.5 Å². The highest BCUT2D eigenvalue weighted by molar-refractivity contribution is 7.92. The molecule has 0 saturated carbocycles. The van der Waals surface area contributed by atoms with Crippen LogP contribution in [0.1, 0.15) is 29.5 Å². The third-order valence-corrected chi connectivity index (χ3v) is 8.74. The Morgan fingerprint density at radius 1 is 0.865 bits per heavy atom. The summed E-state index contributed by atoms with van der Waals surface area (Å²) < 4.78 is 34.7. The molecule has 37 heavy (non-hydrogen) atoms. The van der Waals surface area contributed by atoms with Gasteiger partial charge in [-0.15, -0.1) is 0 Å². The molecule has 2 N–H and O–H groups in total. The molecule has 0 unspecified atom stereocenters. The Bertz CT molecular complexity index is 1550. The van der Waals surface area contributed by atoms with Crippen LogP contribution in [-0.2, 0) is 10.0 Å². The molecule has 1 aliphatic carbocycles. The van der Waals surface area contributed by atoms with Gasteiger partial charge in [0, 0.05) is 17.3 Å². The Hall–Kier alpha value is -4.03. The lowest BCUT2D eigenvalue weighted by molar-refractivity contribution is 0.411. The normalized spacial score (nSPS) is 20.0. The molecule has 186 valence electrons. The largest absolute Gasteiger partial charge is 0.497 e. The molecular formula is C31H28N2O3S. The van der Waals surface area contributed by atoms with Crippen molar-refractivity contribution < 1.29 is 13.2 Å². The first-order valence-electron chi connectivity index (χ1n) is 12.4. The molecule has 0 amide bonds. The van der Waals surface area contributed by atoms with Gasteiger partial charge in [-0.25, -0.2) is 8.42 Å². The number of allylic oxidation sites excluding steroid dienone is 2. The number of benzene rings is 4. The van der Waals surface area contributed by atoms with E-state index in [4.69, 9.17) is 4.74 Å². The molecule has 1 heterocycles. The van der Waals surface area contributed by atoms with Crippen LogP contribution in [0.4, 0.5) is 11.4 Å². The van der Waals surface area contributed by atoms with Crippen molar-refractivity contribution in [2.45, 2.75) is 23.3 Å². The lowest BCUT2D eigenvalue weighted by atomic mass is 9.77. The molecule has 0 fully saturated rings.